The molecular weight excluding hydrogens is 298 g/mol. The Balaban J connectivity index is 1.85. The molecule has 3 heterocycles. The lowest BCUT2D eigenvalue weighted by molar-refractivity contribution is 0.499. The van der Waals surface area contributed by atoms with Crippen molar-refractivity contribution in [2.45, 2.75) is 19.9 Å². The van der Waals surface area contributed by atoms with Gasteiger partial charge in [0.25, 0.3) is 0 Å². The molecule has 4 rings (SSSR count). The summed E-state index contributed by atoms with van der Waals surface area (Å²) < 4.78 is 5.72. The van der Waals surface area contributed by atoms with E-state index in [9.17, 15) is 0 Å². The van der Waals surface area contributed by atoms with E-state index in [-0.39, 0.29) is 6.04 Å². The van der Waals surface area contributed by atoms with Crippen molar-refractivity contribution in [3.05, 3.63) is 83.6 Å². The lowest BCUT2D eigenvalue weighted by Gasteiger charge is -2.18. The van der Waals surface area contributed by atoms with Crippen LogP contribution in [0.2, 0.25) is 0 Å². The molecule has 4 heteroatoms. The van der Waals surface area contributed by atoms with Crippen LogP contribution < -0.4 is 5.32 Å². The number of hydrogen-bond acceptors (Lipinski definition) is 3. The van der Waals surface area contributed by atoms with Crippen LogP contribution in [0.5, 0.6) is 0 Å². The second kappa shape index (κ2) is 5.89. The largest absolute Gasteiger partial charge is 0.467 e. The van der Waals surface area contributed by atoms with Gasteiger partial charge in [0.05, 0.1) is 6.26 Å². The fraction of sp³-hybridized carbons (Fsp3) is 0.150. The highest BCUT2D eigenvalue weighted by Gasteiger charge is 2.23. The predicted octanol–water partition coefficient (Wildman–Crippen LogP) is 4.97. The van der Waals surface area contributed by atoms with E-state index in [0.717, 1.165) is 22.8 Å². The average Bonchev–Trinajstić information content (AvgIpc) is 3.20. The van der Waals surface area contributed by atoms with Gasteiger partial charge in [-0.2, -0.15) is 0 Å². The molecule has 0 aliphatic heterocycles. The standard InChI is InChI=1S/C20H19N3O/c1-13-9-10-21-18(12-13)23-20(17-8-5-11-24-17)19-14(2)22-16-7-4-3-6-15(16)19/h3-12,20,22H,1-2H3,(H,21,23)/t20-/m0/s1. The number of furan rings is 1. The molecular formula is C20H19N3O. The average molecular weight is 317 g/mol. The Hall–Kier alpha value is -3.01. The molecule has 1 atom stereocenters. The zero-order chi connectivity index (χ0) is 16.5. The Labute approximate surface area is 140 Å². The highest BCUT2D eigenvalue weighted by Crippen LogP contribution is 2.34. The molecule has 0 spiro atoms. The molecule has 4 nitrogen and oxygen atoms in total. The SMILES string of the molecule is Cc1ccnc(N[C@@H](c2ccco2)c2c(C)[nH]c3ccccc23)c1. The minimum absolute atomic E-state index is 0.106. The fourth-order valence-electron chi connectivity index (χ4n) is 3.17. The number of pyridine rings is 1. The summed E-state index contributed by atoms with van der Waals surface area (Å²) in [4.78, 5) is 7.91. The summed E-state index contributed by atoms with van der Waals surface area (Å²) in [5.41, 5.74) is 4.60. The Morgan fingerprint density at radius 3 is 2.75 bits per heavy atom. The topological polar surface area (TPSA) is 53.9 Å². The van der Waals surface area contributed by atoms with Crippen LogP contribution in [0, 0.1) is 13.8 Å². The maximum atomic E-state index is 5.72. The fourth-order valence-corrected chi connectivity index (χ4v) is 3.17. The zero-order valence-electron chi connectivity index (χ0n) is 13.7. The van der Waals surface area contributed by atoms with Gasteiger partial charge < -0.3 is 14.7 Å². The molecule has 0 unspecified atom stereocenters. The van der Waals surface area contributed by atoms with Crippen LogP contribution in [-0.4, -0.2) is 9.97 Å². The summed E-state index contributed by atoms with van der Waals surface area (Å²) >= 11 is 0. The third kappa shape index (κ3) is 2.56. The quantitative estimate of drug-likeness (QED) is 0.558. The van der Waals surface area contributed by atoms with Gasteiger partial charge in [-0.05, 0) is 49.7 Å². The van der Waals surface area contributed by atoms with Gasteiger partial charge in [0.2, 0.25) is 0 Å². The summed E-state index contributed by atoms with van der Waals surface area (Å²) in [5, 5.41) is 4.72. The van der Waals surface area contributed by atoms with Crippen molar-refractivity contribution < 1.29 is 4.42 Å². The molecule has 0 radical (unpaired) electrons. The molecule has 2 N–H and O–H groups in total. The van der Waals surface area contributed by atoms with E-state index in [4.69, 9.17) is 4.42 Å². The number of para-hydroxylation sites is 1. The first-order valence-corrected chi connectivity index (χ1v) is 8.02. The molecule has 0 saturated carbocycles. The lowest BCUT2D eigenvalue weighted by atomic mass is 10.0. The number of nitrogens with zero attached hydrogens (tertiary/aromatic N) is 1. The zero-order valence-corrected chi connectivity index (χ0v) is 13.7. The Bertz CT molecular complexity index is 970. The number of hydrogen-bond donors (Lipinski definition) is 2. The first-order valence-electron chi connectivity index (χ1n) is 8.02. The highest BCUT2D eigenvalue weighted by atomic mass is 16.3. The lowest BCUT2D eigenvalue weighted by Crippen LogP contribution is -2.13. The number of rotatable bonds is 4. The van der Waals surface area contributed by atoms with E-state index in [1.807, 2.05) is 36.5 Å². The number of nitrogens with one attached hydrogen (secondary N) is 2. The van der Waals surface area contributed by atoms with Crippen LogP contribution in [0.25, 0.3) is 10.9 Å². The third-order valence-electron chi connectivity index (χ3n) is 4.27. The monoisotopic (exact) mass is 317 g/mol. The summed E-state index contributed by atoms with van der Waals surface area (Å²) in [5.74, 6) is 1.70. The normalized spacial score (nSPS) is 12.4. The van der Waals surface area contributed by atoms with Crippen molar-refractivity contribution in [1.29, 1.82) is 0 Å². The van der Waals surface area contributed by atoms with Crippen LogP contribution >= 0.6 is 0 Å². The van der Waals surface area contributed by atoms with E-state index in [1.165, 1.54) is 16.5 Å². The number of fused-ring (bicyclic) bond motifs is 1. The van der Waals surface area contributed by atoms with Crippen LogP contribution in [-0.2, 0) is 0 Å². The van der Waals surface area contributed by atoms with E-state index in [1.54, 1.807) is 6.26 Å². The number of aromatic amines is 1. The van der Waals surface area contributed by atoms with E-state index in [2.05, 4.69) is 47.3 Å². The summed E-state index contributed by atoms with van der Waals surface area (Å²) in [6.45, 7) is 4.16. The molecule has 0 fully saturated rings. The van der Waals surface area contributed by atoms with Crippen LogP contribution in [0.4, 0.5) is 5.82 Å². The van der Waals surface area contributed by atoms with Crippen molar-refractivity contribution in [3.63, 3.8) is 0 Å². The summed E-state index contributed by atoms with van der Waals surface area (Å²) in [6, 6.07) is 16.2. The Morgan fingerprint density at radius 2 is 1.96 bits per heavy atom. The maximum absolute atomic E-state index is 5.72. The van der Waals surface area contributed by atoms with Gasteiger partial charge in [0.1, 0.15) is 17.6 Å². The van der Waals surface area contributed by atoms with Crippen LogP contribution in [0.1, 0.15) is 28.6 Å². The summed E-state index contributed by atoms with van der Waals surface area (Å²) in [7, 11) is 0. The molecule has 0 bridgehead atoms. The van der Waals surface area contributed by atoms with Gasteiger partial charge in [0.15, 0.2) is 0 Å². The molecule has 120 valence electrons. The minimum atomic E-state index is -0.106. The van der Waals surface area contributed by atoms with Crippen molar-refractivity contribution >= 4 is 16.7 Å². The molecule has 0 aliphatic carbocycles. The van der Waals surface area contributed by atoms with Crippen molar-refractivity contribution in [1.82, 2.24) is 9.97 Å². The smallest absolute Gasteiger partial charge is 0.130 e. The van der Waals surface area contributed by atoms with Crippen molar-refractivity contribution in [3.8, 4) is 0 Å². The first-order chi connectivity index (χ1) is 11.7. The highest BCUT2D eigenvalue weighted by molar-refractivity contribution is 5.86. The molecule has 24 heavy (non-hydrogen) atoms. The number of aryl methyl sites for hydroxylation is 2. The molecule has 0 aliphatic rings. The number of aromatic nitrogens is 2. The predicted molar refractivity (Wildman–Crippen MR) is 96.2 cm³/mol. The van der Waals surface area contributed by atoms with Crippen LogP contribution in [0.15, 0.2) is 65.4 Å². The molecule has 4 aromatic rings. The molecule has 0 saturated heterocycles. The number of anilines is 1. The number of H-pyrrole nitrogens is 1. The second-order valence-corrected chi connectivity index (χ2v) is 6.02. The Kier molecular flexibility index (Phi) is 3.58. The number of benzene rings is 1. The van der Waals surface area contributed by atoms with Crippen LogP contribution in [0.3, 0.4) is 0 Å². The first kappa shape index (κ1) is 14.6. The molecule has 0 amide bonds. The van der Waals surface area contributed by atoms with E-state index in [0.29, 0.717) is 0 Å². The van der Waals surface area contributed by atoms with Gasteiger partial charge in [-0.3, -0.25) is 0 Å². The maximum Gasteiger partial charge on any atom is 0.130 e. The molecule has 1 aromatic carbocycles. The second-order valence-electron chi connectivity index (χ2n) is 6.02. The minimum Gasteiger partial charge on any atom is -0.467 e. The van der Waals surface area contributed by atoms with E-state index < -0.39 is 0 Å². The van der Waals surface area contributed by atoms with Gasteiger partial charge >= 0.3 is 0 Å². The van der Waals surface area contributed by atoms with Crippen molar-refractivity contribution in [2.75, 3.05) is 5.32 Å². The van der Waals surface area contributed by atoms with Crippen molar-refractivity contribution in [2.24, 2.45) is 0 Å². The third-order valence-corrected chi connectivity index (χ3v) is 4.27. The van der Waals surface area contributed by atoms with Gasteiger partial charge in [0, 0.05) is 28.4 Å². The van der Waals surface area contributed by atoms with Gasteiger partial charge in [-0.1, -0.05) is 18.2 Å². The Morgan fingerprint density at radius 1 is 1.08 bits per heavy atom. The van der Waals surface area contributed by atoms with Gasteiger partial charge in [-0.15, -0.1) is 0 Å². The van der Waals surface area contributed by atoms with E-state index >= 15 is 0 Å². The van der Waals surface area contributed by atoms with Gasteiger partial charge in [-0.25, -0.2) is 4.98 Å². The summed E-state index contributed by atoms with van der Waals surface area (Å²) in [6.07, 6.45) is 3.52. The molecule has 3 aromatic heterocycles.